The van der Waals surface area contributed by atoms with Gasteiger partial charge in [0.1, 0.15) is 6.04 Å². The van der Waals surface area contributed by atoms with E-state index < -0.39 is 0 Å². The van der Waals surface area contributed by atoms with Crippen LogP contribution in [0.3, 0.4) is 0 Å². The lowest BCUT2D eigenvalue weighted by Crippen LogP contribution is -2.88. The molecule has 0 fully saturated rings. The van der Waals surface area contributed by atoms with Gasteiger partial charge < -0.3 is 16.0 Å². The Morgan fingerprint density at radius 2 is 1.67 bits per heavy atom. The molecule has 1 aromatic carbocycles. The average molecular weight is 334 g/mol. The second-order valence-corrected chi connectivity index (χ2v) is 7.53. The molecule has 0 unspecified atom stereocenters. The summed E-state index contributed by atoms with van der Waals surface area (Å²) in [5, 5.41) is 7.15. The van der Waals surface area contributed by atoms with Crippen LogP contribution in [0, 0.1) is 5.92 Å². The lowest BCUT2D eigenvalue weighted by atomic mass is 9.85. The van der Waals surface area contributed by atoms with Crippen molar-refractivity contribution in [2.45, 2.75) is 46.1 Å². The van der Waals surface area contributed by atoms with E-state index in [4.69, 9.17) is 0 Å². The van der Waals surface area contributed by atoms with Crippen LogP contribution in [0.15, 0.2) is 24.3 Å². The summed E-state index contributed by atoms with van der Waals surface area (Å²) in [5.41, 5.74) is 2.66. The molecule has 1 atom stereocenters. The summed E-state index contributed by atoms with van der Waals surface area (Å²) < 4.78 is 0. The molecular formula is C19H32N3O2+. The topological polar surface area (TPSA) is 74.8 Å². The first-order valence-electron chi connectivity index (χ1n) is 8.56. The first-order chi connectivity index (χ1) is 11.1. The second-order valence-electron chi connectivity index (χ2n) is 7.53. The number of nitrogens with two attached hydrogens (primary N) is 1. The van der Waals surface area contributed by atoms with E-state index in [1.54, 1.807) is 7.05 Å². The molecule has 5 nitrogen and oxygen atoms in total. The summed E-state index contributed by atoms with van der Waals surface area (Å²) in [6.45, 7) is 11.2. The Balaban J connectivity index is 2.67. The zero-order valence-electron chi connectivity index (χ0n) is 15.8. The minimum Gasteiger partial charge on any atom is -0.358 e. The Hall–Kier alpha value is -1.88. The lowest BCUT2D eigenvalue weighted by Gasteiger charge is -2.22. The molecule has 0 heterocycles. The number of hydrogen-bond donors (Lipinski definition) is 3. The van der Waals surface area contributed by atoms with E-state index in [-0.39, 0.29) is 29.8 Å². The number of hydrogen-bond acceptors (Lipinski definition) is 2. The predicted octanol–water partition coefficient (Wildman–Crippen LogP) is 1.11. The number of quaternary nitrogens is 1. The number of likely N-dealkylation sites (N-methyl/N-ethyl adjacent to an activating group) is 1. The molecule has 0 spiro atoms. The quantitative estimate of drug-likeness (QED) is 0.699. The molecule has 0 aliphatic carbocycles. The van der Waals surface area contributed by atoms with Crippen LogP contribution in [0.25, 0.3) is 0 Å². The molecule has 0 saturated heterocycles. The van der Waals surface area contributed by atoms with Gasteiger partial charge in [0.25, 0.3) is 5.91 Å². The number of nitrogens with one attached hydrogen (secondary N) is 2. The first-order valence-corrected chi connectivity index (χ1v) is 8.56. The Kier molecular flexibility index (Phi) is 7.42. The molecule has 0 aromatic heterocycles. The monoisotopic (exact) mass is 334 g/mol. The van der Waals surface area contributed by atoms with Crippen LogP contribution in [0.1, 0.15) is 51.8 Å². The highest BCUT2D eigenvalue weighted by Gasteiger charge is 2.21. The predicted molar refractivity (Wildman–Crippen MR) is 96.6 cm³/mol. The van der Waals surface area contributed by atoms with E-state index in [0.717, 1.165) is 0 Å². The van der Waals surface area contributed by atoms with Gasteiger partial charge >= 0.3 is 0 Å². The molecule has 24 heavy (non-hydrogen) atoms. The fourth-order valence-electron chi connectivity index (χ4n) is 2.57. The molecule has 0 radical (unpaired) electrons. The van der Waals surface area contributed by atoms with Gasteiger partial charge in [0.2, 0.25) is 5.91 Å². The van der Waals surface area contributed by atoms with Gasteiger partial charge in [-0.15, -0.1) is 0 Å². The highest BCUT2D eigenvalue weighted by atomic mass is 16.2. The zero-order valence-corrected chi connectivity index (χ0v) is 15.8. The summed E-state index contributed by atoms with van der Waals surface area (Å²) in [6, 6.07) is 8.87. The molecule has 0 aliphatic heterocycles. The van der Waals surface area contributed by atoms with E-state index in [2.05, 4.69) is 69.5 Å². The maximum Gasteiger partial charge on any atom is 0.275 e. The number of amides is 2. The van der Waals surface area contributed by atoms with E-state index in [9.17, 15) is 9.59 Å². The van der Waals surface area contributed by atoms with Crippen molar-refractivity contribution >= 4 is 11.8 Å². The summed E-state index contributed by atoms with van der Waals surface area (Å²) in [7, 11) is 1.55. The molecule has 1 aromatic rings. The SMILES string of the molecule is CNC(=O)CNC(=O)C[NH2+][C@H](c1ccc(C(C)(C)C)cc1)C(C)C. The van der Waals surface area contributed by atoms with Crippen molar-refractivity contribution in [2.24, 2.45) is 5.92 Å². The van der Waals surface area contributed by atoms with Crippen LogP contribution in [-0.4, -0.2) is 32.0 Å². The van der Waals surface area contributed by atoms with Gasteiger partial charge in [-0.3, -0.25) is 9.59 Å². The number of benzene rings is 1. The standard InChI is InChI=1S/C19H31N3O2/c1-13(2)18(22-12-17(24)21-11-16(23)20-6)14-7-9-15(10-8-14)19(3,4)5/h7-10,13,18,22H,11-12H2,1-6H3,(H,20,23)(H,21,24)/p+1/t18-/m0/s1. The van der Waals surface area contributed by atoms with Crippen LogP contribution in [0.2, 0.25) is 0 Å². The fourth-order valence-corrected chi connectivity index (χ4v) is 2.57. The molecule has 5 heteroatoms. The Morgan fingerprint density at radius 3 is 2.12 bits per heavy atom. The smallest absolute Gasteiger partial charge is 0.275 e. The second kappa shape index (κ2) is 8.83. The summed E-state index contributed by atoms with van der Waals surface area (Å²) in [5.74, 6) is 0.0781. The normalized spacial score (nSPS) is 12.8. The van der Waals surface area contributed by atoms with Gasteiger partial charge in [-0.25, -0.2) is 0 Å². The van der Waals surface area contributed by atoms with E-state index >= 15 is 0 Å². The highest BCUT2D eigenvalue weighted by molar-refractivity contribution is 5.84. The van der Waals surface area contributed by atoms with Gasteiger partial charge in [-0.1, -0.05) is 58.9 Å². The van der Waals surface area contributed by atoms with Gasteiger partial charge in [0, 0.05) is 18.5 Å². The lowest BCUT2D eigenvalue weighted by molar-refractivity contribution is -0.692. The van der Waals surface area contributed by atoms with Crippen molar-refractivity contribution < 1.29 is 14.9 Å². The zero-order chi connectivity index (χ0) is 18.3. The van der Waals surface area contributed by atoms with Gasteiger partial charge in [0.15, 0.2) is 6.54 Å². The molecule has 1 rings (SSSR count). The maximum absolute atomic E-state index is 11.9. The summed E-state index contributed by atoms with van der Waals surface area (Å²) >= 11 is 0. The van der Waals surface area contributed by atoms with Crippen LogP contribution >= 0.6 is 0 Å². The van der Waals surface area contributed by atoms with Gasteiger partial charge in [-0.05, 0) is 11.0 Å². The van der Waals surface area contributed by atoms with Crippen LogP contribution in [0.5, 0.6) is 0 Å². The number of rotatable bonds is 7. The third-order valence-corrected chi connectivity index (χ3v) is 4.16. The van der Waals surface area contributed by atoms with Crippen molar-refractivity contribution in [1.82, 2.24) is 10.6 Å². The third kappa shape index (κ3) is 6.32. The van der Waals surface area contributed by atoms with Crippen molar-refractivity contribution in [1.29, 1.82) is 0 Å². The Labute approximate surface area is 145 Å². The van der Waals surface area contributed by atoms with Gasteiger partial charge in [0.05, 0.1) is 6.54 Å². The maximum atomic E-state index is 11.9. The Morgan fingerprint density at radius 1 is 1.08 bits per heavy atom. The molecular weight excluding hydrogens is 302 g/mol. The van der Waals surface area contributed by atoms with Crippen LogP contribution < -0.4 is 16.0 Å². The van der Waals surface area contributed by atoms with Crippen LogP contribution in [0.4, 0.5) is 0 Å². The Bertz CT molecular complexity index is 545. The minimum absolute atomic E-state index is 0.0236. The van der Waals surface area contributed by atoms with Crippen LogP contribution in [-0.2, 0) is 15.0 Å². The minimum atomic E-state index is -0.193. The highest BCUT2D eigenvalue weighted by Crippen LogP contribution is 2.25. The number of carbonyl (C=O) groups is 2. The van der Waals surface area contributed by atoms with E-state index in [1.807, 2.05) is 5.32 Å². The van der Waals surface area contributed by atoms with Crippen molar-refractivity contribution in [3.63, 3.8) is 0 Å². The largest absolute Gasteiger partial charge is 0.358 e. The molecule has 0 saturated carbocycles. The van der Waals surface area contributed by atoms with Crippen molar-refractivity contribution in [3.8, 4) is 0 Å². The molecule has 2 amide bonds. The molecule has 0 bridgehead atoms. The number of carbonyl (C=O) groups excluding carboxylic acids is 2. The summed E-state index contributed by atoms with van der Waals surface area (Å²) in [4.78, 5) is 23.0. The first kappa shape index (κ1) is 20.2. The van der Waals surface area contributed by atoms with E-state index in [1.165, 1.54) is 11.1 Å². The molecule has 4 N–H and O–H groups in total. The van der Waals surface area contributed by atoms with E-state index in [0.29, 0.717) is 12.5 Å². The fraction of sp³-hybridized carbons (Fsp3) is 0.579. The van der Waals surface area contributed by atoms with Crippen molar-refractivity contribution in [3.05, 3.63) is 35.4 Å². The summed E-state index contributed by atoms with van der Waals surface area (Å²) in [6.07, 6.45) is 0. The average Bonchev–Trinajstić information content (AvgIpc) is 2.52. The third-order valence-electron chi connectivity index (χ3n) is 4.16. The van der Waals surface area contributed by atoms with Crippen molar-refractivity contribution in [2.75, 3.05) is 20.1 Å². The van der Waals surface area contributed by atoms with Gasteiger partial charge in [-0.2, -0.15) is 0 Å². The molecule has 0 aliphatic rings. The molecule has 134 valence electrons.